The van der Waals surface area contributed by atoms with Crippen molar-refractivity contribution >= 4 is 87.2 Å². The first-order valence-corrected chi connectivity index (χ1v) is 24.3. The number of fused-ring (bicyclic) bond motifs is 9. The first-order chi connectivity index (χ1) is 33.5. The molecule has 0 aliphatic heterocycles. The molecule has 0 radical (unpaired) electrons. The molecule has 12 aromatic rings. The fourth-order valence-electron chi connectivity index (χ4n) is 10.9. The molecule has 68 heavy (non-hydrogen) atoms. The molecule has 1 aliphatic rings. The average Bonchev–Trinajstić information content (AvgIpc) is 3.88. The van der Waals surface area contributed by atoms with E-state index in [1.54, 1.807) is 0 Å². The van der Waals surface area contributed by atoms with Gasteiger partial charge in [0, 0.05) is 59.4 Å². The average molecular weight is 887 g/mol. The van der Waals surface area contributed by atoms with Crippen LogP contribution in [0, 0.1) is 0 Å². The lowest BCUT2D eigenvalue weighted by Crippen LogP contribution is -2.16. The van der Waals surface area contributed by atoms with Gasteiger partial charge in [0.15, 0.2) is 0 Å². The Hall–Kier alpha value is -8.24. The molecule has 1 heterocycles. The van der Waals surface area contributed by atoms with E-state index in [-0.39, 0.29) is 5.41 Å². The SMILES string of the molecule is CC1(C)c2cc(-c3cc(N(c4ccccc4)c4ccc(-c5ccccc5)cc4)cc(N(c4ccc5sc6ccccc6c5c4)c4cccc5ccccc45)c3)ccc2-c2ccc3ccccc3c21. The van der Waals surface area contributed by atoms with Gasteiger partial charge >= 0.3 is 0 Å². The Morgan fingerprint density at radius 3 is 1.69 bits per heavy atom. The fourth-order valence-corrected chi connectivity index (χ4v) is 12.0. The molecule has 0 amide bonds. The lowest BCUT2D eigenvalue weighted by Gasteiger charge is -2.31. The monoisotopic (exact) mass is 886 g/mol. The number of hydrogen-bond acceptors (Lipinski definition) is 3. The van der Waals surface area contributed by atoms with Crippen molar-refractivity contribution < 1.29 is 0 Å². The second-order valence-electron chi connectivity index (χ2n) is 18.5. The molecular formula is C65H46N2S. The fraction of sp³-hybridized carbons (Fsp3) is 0.0462. The molecule has 0 atom stereocenters. The van der Waals surface area contributed by atoms with Gasteiger partial charge in [0.2, 0.25) is 0 Å². The highest BCUT2D eigenvalue weighted by atomic mass is 32.1. The summed E-state index contributed by atoms with van der Waals surface area (Å²) in [6, 6.07) is 89.6. The predicted octanol–water partition coefficient (Wildman–Crippen LogP) is 18.9. The van der Waals surface area contributed by atoms with Gasteiger partial charge in [0.05, 0.1) is 5.69 Å². The molecular weight excluding hydrogens is 841 g/mol. The molecule has 0 N–H and O–H groups in total. The predicted molar refractivity (Wildman–Crippen MR) is 292 cm³/mol. The first kappa shape index (κ1) is 40.1. The van der Waals surface area contributed by atoms with Crippen LogP contribution in [0.15, 0.2) is 243 Å². The number of anilines is 6. The van der Waals surface area contributed by atoms with Gasteiger partial charge in [-0.15, -0.1) is 11.3 Å². The minimum Gasteiger partial charge on any atom is -0.310 e. The van der Waals surface area contributed by atoms with Crippen molar-refractivity contribution in [3.05, 3.63) is 254 Å². The van der Waals surface area contributed by atoms with Crippen LogP contribution >= 0.6 is 11.3 Å². The smallest absolute Gasteiger partial charge is 0.0540 e. The first-order valence-electron chi connectivity index (χ1n) is 23.5. The summed E-state index contributed by atoms with van der Waals surface area (Å²) >= 11 is 1.86. The molecule has 0 saturated heterocycles. The van der Waals surface area contributed by atoms with Crippen molar-refractivity contribution in [2.75, 3.05) is 9.80 Å². The lowest BCUT2D eigenvalue weighted by atomic mass is 9.79. The summed E-state index contributed by atoms with van der Waals surface area (Å²) in [5.41, 5.74) is 16.5. The Morgan fingerprint density at radius 2 is 0.897 bits per heavy atom. The molecule has 2 nitrogen and oxygen atoms in total. The molecule has 0 spiro atoms. The third kappa shape index (κ3) is 6.61. The van der Waals surface area contributed by atoms with Gasteiger partial charge in [0.25, 0.3) is 0 Å². The van der Waals surface area contributed by atoms with E-state index in [9.17, 15) is 0 Å². The molecule has 1 aliphatic carbocycles. The number of para-hydroxylation sites is 1. The summed E-state index contributed by atoms with van der Waals surface area (Å²) in [7, 11) is 0. The highest BCUT2D eigenvalue weighted by Crippen LogP contribution is 2.53. The van der Waals surface area contributed by atoms with E-state index in [1.165, 1.54) is 80.7 Å². The van der Waals surface area contributed by atoms with Crippen molar-refractivity contribution in [3.63, 3.8) is 0 Å². The number of benzene rings is 11. The summed E-state index contributed by atoms with van der Waals surface area (Å²) in [6.45, 7) is 4.80. The normalized spacial score (nSPS) is 12.7. The number of nitrogens with zero attached hydrogens (tertiary/aromatic N) is 2. The maximum atomic E-state index is 2.49. The highest BCUT2D eigenvalue weighted by Gasteiger charge is 2.37. The lowest BCUT2D eigenvalue weighted by molar-refractivity contribution is 0.666. The number of hydrogen-bond donors (Lipinski definition) is 0. The Bertz CT molecular complexity index is 3880. The van der Waals surface area contributed by atoms with Gasteiger partial charge in [-0.1, -0.05) is 178 Å². The van der Waals surface area contributed by atoms with Gasteiger partial charge in [-0.25, -0.2) is 0 Å². The van der Waals surface area contributed by atoms with Crippen LogP contribution in [0.25, 0.3) is 75.1 Å². The molecule has 0 fully saturated rings. The highest BCUT2D eigenvalue weighted by molar-refractivity contribution is 7.25. The van der Waals surface area contributed by atoms with Gasteiger partial charge in [-0.05, 0) is 140 Å². The largest absolute Gasteiger partial charge is 0.310 e. The van der Waals surface area contributed by atoms with E-state index >= 15 is 0 Å². The van der Waals surface area contributed by atoms with E-state index in [1.807, 2.05) is 11.3 Å². The molecule has 0 saturated carbocycles. The van der Waals surface area contributed by atoms with Crippen LogP contribution in [0.3, 0.4) is 0 Å². The second-order valence-corrected chi connectivity index (χ2v) is 19.6. The van der Waals surface area contributed by atoms with Crippen molar-refractivity contribution in [1.29, 1.82) is 0 Å². The molecule has 0 unspecified atom stereocenters. The zero-order valence-electron chi connectivity index (χ0n) is 37.9. The Morgan fingerprint density at radius 1 is 0.324 bits per heavy atom. The molecule has 3 heteroatoms. The van der Waals surface area contributed by atoms with Crippen LogP contribution in [0.1, 0.15) is 25.0 Å². The van der Waals surface area contributed by atoms with Crippen LogP contribution < -0.4 is 9.80 Å². The molecule has 13 rings (SSSR count). The maximum Gasteiger partial charge on any atom is 0.0540 e. The molecule has 322 valence electrons. The third-order valence-electron chi connectivity index (χ3n) is 14.2. The van der Waals surface area contributed by atoms with Crippen LogP contribution in [-0.2, 0) is 5.41 Å². The van der Waals surface area contributed by atoms with Crippen LogP contribution in [0.2, 0.25) is 0 Å². The van der Waals surface area contributed by atoms with E-state index in [4.69, 9.17) is 0 Å². The van der Waals surface area contributed by atoms with Crippen molar-refractivity contribution in [2.24, 2.45) is 0 Å². The Balaban J connectivity index is 1.07. The van der Waals surface area contributed by atoms with Crippen LogP contribution in [-0.4, -0.2) is 0 Å². The minimum atomic E-state index is -0.202. The van der Waals surface area contributed by atoms with Crippen LogP contribution in [0.4, 0.5) is 34.1 Å². The minimum absolute atomic E-state index is 0.202. The quantitative estimate of drug-likeness (QED) is 0.150. The number of thiophene rings is 1. The summed E-state index contributed by atoms with van der Waals surface area (Å²) in [6.07, 6.45) is 0. The molecule has 11 aromatic carbocycles. The van der Waals surface area contributed by atoms with E-state index in [0.717, 1.165) is 39.7 Å². The van der Waals surface area contributed by atoms with Gasteiger partial charge < -0.3 is 9.80 Å². The van der Waals surface area contributed by atoms with E-state index in [2.05, 4.69) is 266 Å². The Kier molecular flexibility index (Phi) is 9.42. The summed E-state index contributed by atoms with van der Waals surface area (Å²) in [5, 5.41) is 7.55. The zero-order chi connectivity index (χ0) is 45.3. The summed E-state index contributed by atoms with van der Waals surface area (Å²) < 4.78 is 2.58. The van der Waals surface area contributed by atoms with Crippen molar-refractivity contribution in [2.45, 2.75) is 19.3 Å². The van der Waals surface area contributed by atoms with E-state index in [0.29, 0.717) is 0 Å². The maximum absolute atomic E-state index is 2.49. The Labute approximate surface area is 401 Å². The van der Waals surface area contributed by atoms with Crippen molar-refractivity contribution in [1.82, 2.24) is 0 Å². The topological polar surface area (TPSA) is 6.48 Å². The van der Waals surface area contributed by atoms with Crippen molar-refractivity contribution in [3.8, 4) is 33.4 Å². The summed E-state index contributed by atoms with van der Waals surface area (Å²) in [4.78, 5) is 4.90. The second kappa shape index (κ2) is 16.0. The molecule has 1 aromatic heterocycles. The van der Waals surface area contributed by atoms with Gasteiger partial charge in [-0.2, -0.15) is 0 Å². The third-order valence-corrected chi connectivity index (χ3v) is 15.3. The standard InChI is InChI=1S/C65H46N2S/c1-65(2)60-40-47(31-35-56(60)58-36-30-46-19-10-12-24-55(46)64(58)65)48-38-52(66(49-21-7-4-8-22-49)50-32-28-44(29-33-50)43-16-5-3-6-17-43)41-53(39-48)67(61-26-15-20-45-18-9-11-23-54(45)61)51-34-37-63-59(42-51)57-25-13-14-27-62(57)68-63/h3-42H,1-2H3. The zero-order valence-corrected chi connectivity index (χ0v) is 38.7. The van der Waals surface area contributed by atoms with E-state index < -0.39 is 0 Å². The van der Waals surface area contributed by atoms with Gasteiger partial charge in [-0.3, -0.25) is 0 Å². The van der Waals surface area contributed by atoms with Gasteiger partial charge in [0.1, 0.15) is 0 Å². The summed E-state index contributed by atoms with van der Waals surface area (Å²) in [5.74, 6) is 0. The number of rotatable bonds is 8. The van der Waals surface area contributed by atoms with Crippen LogP contribution in [0.5, 0.6) is 0 Å². The molecule has 0 bridgehead atoms.